The summed E-state index contributed by atoms with van der Waals surface area (Å²) in [7, 11) is 0. The minimum Gasteiger partial charge on any atom is -0.309 e. The van der Waals surface area contributed by atoms with Gasteiger partial charge in [0.05, 0.1) is 27.6 Å². The summed E-state index contributed by atoms with van der Waals surface area (Å²) in [6.07, 6.45) is 0. The summed E-state index contributed by atoms with van der Waals surface area (Å²) in [5, 5.41) is 7.57. The number of benzene rings is 11. The third-order valence-electron chi connectivity index (χ3n) is 14.4. The van der Waals surface area contributed by atoms with Gasteiger partial charge in [0.2, 0.25) is 0 Å². The molecule has 0 radical (unpaired) electrons. The maximum Gasteiger partial charge on any atom is 0.263 e. The topological polar surface area (TPSA) is 31.9 Å². The van der Waals surface area contributed by atoms with Crippen molar-refractivity contribution in [1.29, 1.82) is 0 Å². The van der Waals surface area contributed by atoms with E-state index < -0.39 is 0 Å². The third-order valence-corrected chi connectivity index (χ3v) is 14.4. The van der Waals surface area contributed by atoms with Crippen molar-refractivity contribution in [1.82, 2.24) is 13.7 Å². The van der Waals surface area contributed by atoms with Crippen LogP contribution in [0.2, 0.25) is 0 Å². The first-order valence-electron chi connectivity index (χ1n) is 24.2. The van der Waals surface area contributed by atoms with E-state index >= 15 is 0 Å². The Morgan fingerprint density at radius 1 is 0.197 bits per heavy atom. The third kappa shape index (κ3) is 6.64. The van der Waals surface area contributed by atoms with Crippen molar-refractivity contribution in [3.05, 3.63) is 271 Å². The Kier molecular flexibility index (Phi) is 9.33. The number of pyridine rings is 1. The fourth-order valence-electron chi connectivity index (χ4n) is 11.1. The van der Waals surface area contributed by atoms with Crippen molar-refractivity contribution >= 4 is 65.3 Å². The normalized spacial score (nSPS) is 11.7. The first-order valence-corrected chi connectivity index (χ1v) is 24.2. The number of rotatable bonds is 7. The molecule has 0 aliphatic rings. The standard InChI is InChI=1S/C67H43N3O/c71-67-58-26-8-7-23-55(58)59-41-49(47-17-14-18-48(40-47)51-32-37-65-61(43-51)57-25-10-12-28-63(57)69(65)53-21-5-2-6-22-53)33-38-66(59)70(67)54-34-29-44(30-35-54)45-15-13-16-46(39-45)50-31-36-64-60(42-50)56-24-9-11-27-62(56)68(64)52-19-3-1-4-20-52/h1-43H. The predicted molar refractivity (Wildman–Crippen MR) is 297 cm³/mol. The lowest BCUT2D eigenvalue weighted by atomic mass is 9.96. The number of aromatic nitrogens is 3. The molecule has 14 rings (SSSR count). The average molecular weight is 906 g/mol. The van der Waals surface area contributed by atoms with Crippen molar-refractivity contribution < 1.29 is 0 Å². The summed E-state index contributed by atoms with van der Waals surface area (Å²) < 4.78 is 6.58. The highest BCUT2D eigenvalue weighted by molar-refractivity contribution is 6.12. The largest absolute Gasteiger partial charge is 0.309 e. The summed E-state index contributed by atoms with van der Waals surface area (Å²) in [6.45, 7) is 0. The van der Waals surface area contributed by atoms with E-state index in [4.69, 9.17) is 0 Å². The Balaban J connectivity index is 0.813. The summed E-state index contributed by atoms with van der Waals surface area (Å²) in [5.41, 5.74) is 17.7. The molecule has 0 aliphatic heterocycles. The van der Waals surface area contributed by atoms with E-state index in [9.17, 15) is 4.79 Å². The Hall–Kier alpha value is -9.51. The molecule has 332 valence electrons. The van der Waals surface area contributed by atoms with E-state index in [0.717, 1.165) is 77.9 Å². The smallest absolute Gasteiger partial charge is 0.263 e. The average Bonchev–Trinajstić information content (AvgIpc) is 3.96. The molecular formula is C67H43N3O. The van der Waals surface area contributed by atoms with Crippen molar-refractivity contribution in [3.63, 3.8) is 0 Å². The van der Waals surface area contributed by atoms with Crippen LogP contribution in [0, 0.1) is 0 Å². The molecule has 0 amide bonds. The lowest BCUT2D eigenvalue weighted by molar-refractivity contribution is 1.06. The highest BCUT2D eigenvalue weighted by atomic mass is 16.1. The molecule has 0 saturated heterocycles. The van der Waals surface area contributed by atoms with Crippen LogP contribution in [-0.2, 0) is 0 Å². The van der Waals surface area contributed by atoms with Crippen LogP contribution in [0.15, 0.2) is 266 Å². The Morgan fingerprint density at radius 2 is 0.521 bits per heavy atom. The highest BCUT2D eigenvalue weighted by Crippen LogP contribution is 2.39. The van der Waals surface area contributed by atoms with E-state index in [1.165, 1.54) is 43.6 Å². The second-order valence-electron chi connectivity index (χ2n) is 18.5. The fourth-order valence-corrected chi connectivity index (χ4v) is 11.1. The molecule has 0 aliphatic carbocycles. The van der Waals surface area contributed by atoms with E-state index in [-0.39, 0.29) is 5.56 Å². The molecule has 4 heteroatoms. The summed E-state index contributed by atoms with van der Waals surface area (Å²) in [6, 6.07) is 92.6. The van der Waals surface area contributed by atoms with Gasteiger partial charge in [0.1, 0.15) is 0 Å². The van der Waals surface area contributed by atoms with Gasteiger partial charge in [-0.2, -0.15) is 0 Å². The monoisotopic (exact) mass is 905 g/mol. The van der Waals surface area contributed by atoms with Crippen LogP contribution in [0.1, 0.15) is 0 Å². The minimum atomic E-state index is -0.0365. The summed E-state index contributed by atoms with van der Waals surface area (Å²) in [4.78, 5) is 14.5. The minimum absolute atomic E-state index is 0.0365. The van der Waals surface area contributed by atoms with E-state index in [1.807, 2.05) is 22.8 Å². The van der Waals surface area contributed by atoms with Gasteiger partial charge in [0.15, 0.2) is 0 Å². The van der Waals surface area contributed by atoms with Crippen LogP contribution >= 0.6 is 0 Å². The van der Waals surface area contributed by atoms with Crippen molar-refractivity contribution in [2.45, 2.75) is 0 Å². The number of fused-ring (bicyclic) bond motifs is 9. The number of para-hydroxylation sites is 4. The predicted octanol–water partition coefficient (Wildman–Crippen LogP) is 17.0. The second-order valence-corrected chi connectivity index (χ2v) is 18.5. The van der Waals surface area contributed by atoms with Crippen molar-refractivity contribution in [2.24, 2.45) is 0 Å². The SMILES string of the molecule is O=c1c2ccccc2c2cc(-c3cccc(-c4ccc5c(c4)c4ccccc4n5-c4ccccc4)c3)ccc2n1-c1ccc(-c2cccc(-c3ccc4c(c3)c3ccccc3n4-c3ccccc3)c2)cc1. The molecule has 0 atom stereocenters. The van der Waals surface area contributed by atoms with Crippen LogP contribution in [-0.4, -0.2) is 13.7 Å². The van der Waals surface area contributed by atoms with E-state index in [2.05, 4.69) is 252 Å². The summed E-state index contributed by atoms with van der Waals surface area (Å²) >= 11 is 0. The highest BCUT2D eigenvalue weighted by Gasteiger charge is 2.17. The van der Waals surface area contributed by atoms with Crippen LogP contribution in [0.5, 0.6) is 0 Å². The van der Waals surface area contributed by atoms with Crippen molar-refractivity contribution in [2.75, 3.05) is 0 Å². The first-order chi connectivity index (χ1) is 35.1. The fraction of sp³-hybridized carbons (Fsp3) is 0. The van der Waals surface area contributed by atoms with Crippen LogP contribution < -0.4 is 5.56 Å². The van der Waals surface area contributed by atoms with Crippen LogP contribution in [0.4, 0.5) is 0 Å². The zero-order valence-electron chi connectivity index (χ0n) is 38.6. The molecule has 71 heavy (non-hydrogen) atoms. The number of hydrogen-bond acceptors (Lipinski definition) is 1. The van der Waals surface area contributed by atoms with Gasteiger partial charge in [-0.3, -0.25) is 9.36 Å². The molecule has 0 bridgehead atoms. The molecule has 0 spiro atoms. The molecular weight excluding hydrogens is 863 g/mol. The van der Waals surface area contributed by atoms with Crippen LogP contribution in [0.25, 0.3) is 127 Å². The van der Waals surface area contributed by atoms with E-state index in [1.54, 1.807) is 0 Å². The quantitative estimate of drug-likeness (QED) is 0.147. The molecule has 3 heterocycles. The molecule has 3 aromatic heterocycles. The van der Waals surface area contributed by atoms with Gasteiger partial charge in [0.25, 0.3) is 5.56 Å². The maximum absolute atomic E-state index is 14.5. The van der Waals surface area contributed by atoms with Crippen molar-refractivity contribution in [3.8, 4) is 61.6 Å². The van der Waals surface area contributed by atoms with Gasteiger partial charge in [-0.1, -0.05) is 158 Å². The Morgan fingerprint density at radius 3 is 1.00 bits per heavy atom. The first kappa shape index (κ1) is 40.5. The molecule has 0 fully saturated rings. The Labute approximate surface area is 409 Å². The molecule has 0 saturated carbocycles. The van der Waals surface area contributed by atoms with Gasteiger partial charge in [0, 0.05) is 49.4 Å². The van der Waals surface area contributed by atoms with Gasteiger partial charge >= 0.3 is 0 Å². The zero-order chi connectivity index (χ0) is 47.0. The van der Waals surface area contributed by atoms with Crippen LogP contribution in [0.3, 0.4) is 0 Å². The summed E-state index contributed by atoms with van der Waals surface area (Å²) in [5.74, 6) is 0. The molecule has 4 nitrogen and oxygen atoms in total. The van der Waals surface area contributed by atoms with Gasteiger partial charge in [-0.25, -0.2) is 0 Å². The van der Waals surface area contributed by atoms with Gasteiger partial charge < -0.3 is 9.13 Å². The molecule has 0 N–H and O–H groups in total. The second kappa shape index (κ2) is 16.3. The van der Waals surface area contributed by atoms with E-state index in [0.29, 0.717) is 5.39 Å². The van der Waals surface area contributed by atoms with Gasteiger partial charge in [-0.05, 0) is 153 Å². The lowest BCUT2D eigenvalue weighted by Crippen LogP contribution is -2.19. The molecule has 11 aromatic carbocycles. The lowest BCUT2D eigenvalue weighted by Gasteiger charge is -2.15. The number of nitrogens with zero attached hydrogens (tertiary/aromatic N) is 3. The maximum atomic E-state index is 14.5. The molecule has 14 aromatic rings. The van der Waals surface area contributed by atoms with Gasteiger partial charge in [-0.15, -0.1) is 0 Å². The Bertz CT molecular complexity index is 4460. The zero-order valence-corrected chi connectivity index (χ0v) is 38.6. The molecule has 0 unspecified atom stereocenters. The number of hydrogen-bond donors (Lipinski definition) is 0.